The lowest BCUT2D eigenvalue weighted by atomic mass is 10.2. The van der Waals surface area contributed by atoms with Gasteiger partial charge in [0.2, 0.25) is 0 Å². The van der Waals surface area contributed by atoms with Gasteiger partial charge in [0, 0.05) is 6.07 Å². The van der Waals surface area contributed by atoms with Gasteiger partial charge in [0.05, 0.1) is 12.0 Å². The van der Waals surface area contributed by atoms with E-state index in [-0.39, 0.29) is 11.3 Å². The minimum Gasteiger partial charge on any atom is -0.490 e. The molecule has 0 spiro atoms. The Morgan fingerprint density at radius 1 is 1.50 bits per heavy atom. The molecular weight excluding hydrogens is 241 g/mol. The van der Waals surface area contributed by atoms with Crippen LogP contribution in [0.15, 0.2) is 18.2 Å². The first-order valence-corrected chi connectivity index (χ1v) is 5.62. The van der Waals surface area contributed by atoms with E-state index in [9.17, 15) is 22.4 Å². The van der Waals surface area contributed by atoms with E-state index in [2.05, 4.69) is 0 Å². The second-order valence-corrected chi connectivity index (χ2v) is 4.31. The van der Waals surface area contributed by atoms with Crippen LogP contribution in [0.25, 0.3) is 0 Å². The summed E-state index contributed by atoms with van der Waals surface area (Å²) >= 11 is 0. The Bertz CT molecular complexity index is 513. The van der Waals surface area contributed by atoms with Gasteiger partial charge >= 0.3 is 15.9 Å². The fourth-order valence-electron chi connectivity index (χ4n) is 1.17. The van der Waals surface area contributed by atoms with E-state index in [1.165, 1.54) is 19.2 Å². The highest BCUT2D eigenvalue weighted by molar-refractivity contribution is 7.85. The molecular formula is C8H8FNO5S. The Labute approximate surface area is 91.0 Å². The summed E-state index contributed by atoms with van der Waals surface area (Å²) in [4.78, 5) is 9.85. The summed E-state index contributed by atoms with van der Waals surface area (Å²) in [6.07, 6.45) is 0. The van der Waals surface area contributed by atoms with Crippen LogP contribution in [0.4, 0.5) is 9.57 Å². The van der Waals surface area contributed by atoms with Gasteiger partial charge in [-0.15, -0.1) is 3.89 Å². The maximum absolute atomic E-state index is 12.4. The molecule has 0 N–H and O–H groups in total. The summed E-state index contributed by atoms with van der Waals surface area (Å²) in [6, 6.07) is 3.44. The number of hydrogen-bond donors (Lipinski definition) is 0. The Morgan fingerprint density at radius 2 is 2.12 bits per heavy atom. The van der Waals surface area contributed by atoms with Gasteiger partial charge < -0.3 is 4.74 Å². The molecule has 0 aromatic heterocycles. The minimum absolute atomic E-state index is 0.00463. The summed E-state index contributed by atoms with van der Waals surface area (Å²) in [7, 11) is -3.46. The Morgan fingerprint density at radius 3 is 2.56 bits per heavy atom. The molecule has 0 aliphatic rings. The second-order valence-electron chi connectivity index (χ2n) is 2.95. The van der Waals surface area contributed by atoms with Crippen molar-refractivity contribution in [1.29, 1.82) is 0 Å². The maximum Gasteiger partial charge on any atom is 0.311 e. The van der Waals surface area contributed by atoms with E-state index >= 15 is 0 Å². The lowest BCUT2D eigenvalue weighted by Gasteiger charge is -2.03. The van der Waals surface area contributed by atoms with Gasteiger partial charge in [-0.25, -0.2) is 0 Å². The molecule has 1 rings (SSSR count). The normalized spacial score (nSPS) is 11.1. The molecule has 0 amide bonds. The van der Waals surface area contributed by atoms with Crippen molar-refractivity contribution >= 4 is 15.9 Å². The summed E-state index contributed by atoms with van der Waals surface area (Å²) < 4.78 is 37.8. The topological polar surface area (TPSA) is 86.5 Å². The third-order valence-corrected chi connectivity index (χ3v) is 2.46. The van der Waals surface area contributed by atoms with E-state index in [4.69, 9.17) is 4.74 Å². The molecule has 1 aromatic rings. The highest BCUT2D eigenvalue weighted by Crippen LogP contribution is 2.28. The molecule has 88 valence electrons. The molecule has 0 aliphatic carbocycles. The van der Waals surface area contributed by atoms with Crippen LogP contribution in [0, 0.1) is 10.1 Å². The molecule has 0 atom stereocenters. The fraction of sp³-hybridized carbons (Fsp3) is 0.250. The number of nitro groups is 1. The number of nitro benzene ring substituents is 1. The van der Waals surface area contributed by atoms with Crippen LogP contribution in [0.2, 0.25) is 0 Å². The number of hydrogen-bond acceptors (Lipinski definition) is 5. The van der Waals surface area contributed by atoms with Gasteiger partial charge in [-0.2, -0.15) is 8.42 Å². The quantitative estimate of drug-likeness (QED) is 0.457. The van der Waals surface area contributed by atoms with Crippen molar-refractivity contribution in [1.82, 2.24) is 0 Å². The Hall–Kier alpha value is -1.70. The molecule has 0 unspecified atom stereocenters. The van der Waals surface area contributed by atoms with Gasteiger partial charge in [0.1, 0.15) is 5.75 Å². The third kappa shape index (κ3) is 3.16. The van der Waals surface area contributed by atoms with Crippen molar-refractivity contribution in [2.24, 2.45) is 0 Å². The lowest BCUT2D eigenvalue weighted by molar-refractivity contribution is -0.385. The van der Waals surface area contributed by atoms with E-state index in [1.807, 2.05) is 0 Å². The number of benzene rings is 1. The minimum atomic E-state index is -4.70. The average Bonchev–Trinajstić information content (AvgIpc) is 2.15. The standard InChI is InChI=1S/C8H8FNO5S/c1-15-8-3-2-6(5-16(9,13)14)4-7(8)10(11)12/h2-4H,5H2,1H3. The number of nitrogens with zero attached hydrogens (tertiary/aromatic N) is 1. The first-order chi connectivity index (χ1) is 7.33. The number of rotatable bonds is 4. The number of methoxy groups -OCH3 is 1. The molecule has 0 fully saturated rings. The van der Waals surface area contributed by atoms with Crippen LogP contribution in [-0.2, 0) is 16.0 Å². The van der Waals surface area contributed by atoms with E-state index < -0.39 is 26.6 Å². The van der Waals surface area contributed by atoms with Crippen LogP contribution in [0.3, 0.4) is 0 Å². The van der Waals surface area contributed by atoms with Gasteiger partial charge in [-0.3, -0.25) is 10.1 Å². The zero-order chi connectivity index (χ0) is 12.3. The first kappa shape index (κ1) is 12.4. The Balaban J connectivity index is 3.17. The zero-order valence-corrected chi connectivity index (χ0v) is 9.03. The largest absolute Gasteiger partial charge is 0.490 e. The van der Waals surface area contributed by atoms with Crippen LogP contribution in [0.1, 0.15) is 5.56 Å². The predicted octanol–water partition coefficient (Wildman–Crippen LogP) is 1.40. The van der Waals surface area contributed by atoms with Crippen LogP contribution in [0.5, 0.6) is 5.75 Å². The van der Waals surface area contributed by atoms with Crippen molar-refractivity contribution < 1.29 is 22.0 Å². The van der Waals surface area contributed by atoms with Crippen molar-refractivity contribution in [2.45, 2.75) is 5.75 Å². The van der Waals surface area contributed by atoms with Crippen molar-refractivity contribution in [3.8, 4) is 5.75 Å². The SMILES string of the molecule is COc1ccc(CS(=O)(=O)F)cc1[N+](=O)[O-]. The highest BCUT2D eigenvalue weighted by Gasteiger charge is 2.17. The van der Waals surface area contributed by atoms with Crippen LogP contribution < -0.4 is 4.74 Å². The molecule has 0 aliphatic heterocycles. The molecule has 0 bridgehead atoms. The number of ether oxygens (including phenoxy) is 1. The lowest BCUT2D eigenvalue weighted by Crippen LogP contribution is -1.99. The third-order valence-electron chi connectivity index (χ3n) is 1.78. The molecule has 0 saturated carbocycles. The molecule has 16 heavy (non-hydrogen) atoms. The Kier molecular flexibility index (Phi) is 3.43. The average molecular weight is 249 g/mol. The fourth-order valence-corrected chi connectivity index (χ4v) is 1.74. The molecule has 0 heterocycles. The van der Waals surface area contributed by atoms with E-state index in [1.54, 1.807) is 0 Å². The molecule has 0 radical (unpaired) electrons. The summed E-state index contributed by atoms with van der Waals surface area (Å²) in [5.74, 6) is -0.900. The van der Waals surface area contributed by atoms with E-state index in [0.717, 1.165) is 6.07 Å². The highest BCUT2D eigenvalue weighted by atomic mass is 32.3. The smallest absolute Gasteiger partial charge is 0.311 e. The van der Waals surface area contributed by atoms with Crippen molar-refractivity contribution in [3.63, 3.8) is 0 Å². The molecule has 6 nitrogen and oxygen atoms in total. The molecule has 1 aromatic carbocycles. The molecule has 8 heteroatoms. The van der Waals surface area contributed by atoms with Crippen LogP contribution >= 0.6 is 0 Å². The van der Waals surface area contributed by atoms with Gasteiger partial charge in [-0.1, -0.05) is 6.07 Å². The monoisotopic (exact) mass is 249 g/mol. The van der Waals surface area contributed by atoms with E-state index in [0.29, 0.717) is 0 Å². The van der Waals surface area contributed by atoms with Gasteiger partial charge in [0.15, 0.2) is 5.75 Å². The van der Waals surface area contributed by atoms with Crippen LogP contribution in [-0.4, -0.2) is 20.5 Å². The number of halogens is 1. The zero-order valence-electron chi connectivity index (χ0n) is 8.21. The van der Waals surface area contributed by atoms with Gasteiger partial charge in [-0.05, 0) is 11.6 Å². The summed E-state index contributed by atoms with van der Waals surface area (Å²) in [5, 5.41) is 10.6. The summed E-state index contributed by atoms with van der Waals surface area (Å²) in [6.45, 7) is 0. The summed E-state index contributed by atoms with van der Waals surface area (Å²) in [5.41, 5.74) is -0.404. The molecule has 0 saturated heterocycles. The first-order valence-electron chi connectivity index (χ1n) is 4.07. The van der Waals surface area contributed by atoms with Crippen molar-refractivity contribution in [2.75, 3.05) is 7.11 Å². The van der Waals surface area contributed by atoms with Gasteiger partial charge in [0.25, 0.3) is 0 Å². The van der Waals surface area contributed by atoms with Crippen molar-refractivity contribution in [3.05, 3.63) is 33.9 Å². The second kappa shape index (κ2) is 4.44. The maximum atomic E-state index is 12.4. The predicted molar refractivity (Wildman–Crippen MR) is 53.4 cm³/mol.